The lowest BCUT2D eigenvalue weighted by molar-refractivity contribution is -0.138. The fraction of sp³-hybridized carbons (Fsp3) is 0.256. The van der Waals surface area contributed by atoms with E-state index < -0.39 is 24.6 Å². The highest BCUT2D eigenvalue weighted by Crippen LogP contribution is 2.31. The van der Waals surface area contributed by atoms with Crippen molar-refractivity contribution >= 4 is 12.1 Å². The van der Waals surface area contributed by atoms with Crippen LogP contribution >= 0.6 is 0 Å². The molecule has 0 spiro atoms. The molecule has 2 aromatic heterocycles. The van der Waals surface area contributed by atoms with Gasteiger partial charge in [-0.15, -0.1) is 0 Å². The molecule has 12 nitrogen and oxygen atoms in total. The third-order valence-electron chi connectivity index (χ3n) is 8.92. The Bertz CT molecular complexity index is 2110. The van der Waals surface area contributed by atoms with E-state index in [1.54, 1.807) is 43.8 Å². The summed E-state index contributed by atoms with van der Waals surface area (Å²) < 4.78 is 20.6. The number of nitrogens with zero attached hydrogens (tertiary/aromatic N) is 5. The maximum absolute atomic E-state index is 13.2. The molecule has 0 aliphatic rings. The van der Waals surface area contributed by atoms with Crippen molar-refractivity contribution in [3.8, 4) is 40.0 Å². The Morgan fingerprint density at radius 2 is 1.24 bits per heavy atom. The lowest BCUT2D eigenvalue weighted by atomic mass is 9.95. The molecule has 0 saturated carbocycles. The van der Waals surface area contributed by atoms with Gasteiger partial charge in [0, 0.05) is 25.2 Å². The number of aliphatic carboxylic acids is 1. The van der Waals surface area contributed by atoms with Crippen molar-refractivity contribution < 1.29 is 34.0 Å². The molecular formula is C43H47N5O7. The molecule has 6 aromatic rings. The Hall–Kier alpha value is -6.40. The summed E-state index contributed by atoms with van der Waals surface area (Å²) in [6.45, 7) is 3.89. The van der Waals surface area contributed by atoms with E-state index in [9.17, 15) is 14.7 Å². The molecule has 0 aliphatic carbocycles. The number of imidazole rings is 2. The number of methoxy groups -OCH3 is 1. The molecule has 1 amide bonds. The van der Waals surface area contributed by atoms with E-state index in [2.05, 4.69) is 9.97 Å². The van der Waals surface area contributed by atoms with Crippen LogP contribution in [0.5, 0.6) is 17.2 Å². The lowest BCUT2D eigenvalue weighted by Crippen LogP contribution is -2.41. The van der Waals surface area contributed by atoms with E-state index in [-0.39, 0.29) is 12.5 Å². The molecule has 6 rings (SSSR count). The molecular weight excluding hydrogens is 699 g/mol. The first kappa shape index (κ1) is 39.8. The highest BCUT2D eigenvalue weighted by atomic mass is 16.6. The summed E-state index contributed by atoms with van der Waals surface area (Å²) in [6.07, 6.45) is 3.30. The van der Waals surface area contributed by atoms with E-state index in [4.69, 9.17) is 19.3 Å². The van der Waals surface area contributed by atoms with Gasteiger partial charge in [0.15, 0.2) is 0 Å². The minimum absolute atomic E-state index is 0.0241. The van der Waals surface area contributed by atoms with Gasteiger partial charge >= 0.3 is 12.1 Å². The third-order valence-corrected chi connectivity index (χ3v) is 8.92. The van der Waals surface area contributed by atoms with Gasteiger partial charge in [0.25, 0.3) is 0 Å². The average molecular weight is 746 g/mol. The van der Waals surface area contributed by atoms with Crippen molar-refractivity contribution in [3.63, 3.8) is 0 Å². The fourth-order valence-electron chi connectivity index (χ4n) is 5.97. The smallest absolute Gasteiger partial charge is 0.416 e. The fourth-order valence-corrected chi connectivity index (χ4v) is 5.97. The molecule has 0 radical (unpaired) electrons. The van der Waals surface area contributed by atoms with Crippen molar-refractivity contribution in [1.82, 2.24) is 24.0 Å². The minimum atomic E-state index is -1.13. The molecule has 1 unspecified atom stereocenters. The Morgan fingerprint density at radius 3 is 1.73 bits per heavy atom. The number of hydrogen-bond acceptors (Lipinski definition) is 8. The van der Waals surface area contributed by atoms with Crippen LogP contribution in [0.25, 0.3) is 22.8 Å². The first-order chi connectivity index (χ1) is 26.6. The van der Waals surface area contributed by atoms with Crippen LogP contribution in [0.15, 0.2) is 122 Å². The number of aromatic nitrogens is 4. The Morgan fingerprint density at radius 1 is 0.727 bits per heavy atom. The van der Waals surface area contributed by atoms with Crippen LogP contribution in [0.1, 0.15) is 43.3 Å². The monoisotopic (exact) mass is 745 g/mol. The van der Waals surface area contributed by atoms with Gasteiger partial charge in [0.2, 0.25) is 0 Å². The normalized spacial score (nSPS) is 11.3. The molecule has 4 aromatic carbocycles. The summed E-state index contributed by atoms with van der Waals surface area (Å²) in [7, 11) is 5.40. The van der Waals surface area contributed by atoms with Crippen LogP contribution in [0.2, 0.25) is 0 Å². The first-order valence-corrected chi connectivity index (χ1v) is 17.9. The van der Waals surface area contributed by atoms with Crippen LogP contribution in [-0.4, -0.2) is 59.9 Å². The number of carboxylic acid groups (broad SMARTS) is 1. The molecule has 0 bridgehead atoms. The van der Waals surface area contributed by atoms with Crippen molar-refractivity contribution in [2.45, 2.75) is 39.5 Å². The van der Waals surface area contributed by atoms with Crippen LogP contribution in [0, 0.1) is 5.92 Å². The highest BCUT2D eigenvalue weighted by molar-refractivity contribution is 5.78. The van der Waals surface area contributed by atoms with Crippen LogP contribution < -0.4 is 14.2 Å². The molecule has 286 valence electrons. The molecule has 1 atom stereocenters. The second kappa shape index (κ2) is 19.1. The number of benzene rings is 4. The summed E-state index contributed by atoms with van der Waals surface area (Å²) in [6, 6.07) is 33.3. The predicted molar refractivity (Wildman–Crippen MR) is 210 cm³/mol. The van der Waals surface area contributed by atoms with Crippen LogP contribution in [-0.2, 0) is 32.1 Å². The molecule has 55 heavy (non-hydrogen) atoms. The van der Waals surface area contributed by atoms with E-state index in [1.807, 2.05) is 122 Å². The van der Waals surface area contributed by atoms with Gasteiger partial charge in [-0.2, -0.15) is 0 Å². The zero-order valence-corrected chi connectivity index (χ0v) is 31.7. The quantitative estimate of drug-likeness (QED) is 0.114. The van der Waals surface area contributed by atoms with E-state index in [0.29, 0.717) is 30.3 Å². The topological polar surface area (TPSA) is 141 Å². The zero-order valence-electron chi connectivity index (χ0n) is 31.7. The SMILES string of the molecule is COc1ccc(OC(=O)N(CC(=O)O)C(CC(C)C)c2ccc(OCc3cnc(-c4ccccc4)n3C)cc2)cc1.Cn1c(CO)cnc1-c1ccccc1. The van der Waals surface area contributed by atoms with E-state index in [0.717, 1.165) is 39.7 Å². The molecule has 2 N–H and O–H groups in total. The number of carbonyl (C=O) groups excluding carboxylic acids is 1. The second-order valence-corrected chi connectivity index (χ2v) is 13.2. The standard InChI is InChI=1S/C32H35N3O6.C11H12N2O/c1-22(2)18-29(35(20-30(36)37)32(38)41-28-16-14-26(39-4)15-17-28)23-10-12-27(13-11-23)40-21-25-19-33-31(34(25)3)24-8-6-5-7-9-24;1-13-10(8-14)7-12-11(13)9-5-3-2-4-6-9/h5-17,19,22,29H,18,20-21H2,1-4H3,(H,36,37);2-7,14H,8H2,1H3. The van der Waals surface area contributed by atoms with Gasteiger partial charge < -0.3 is 33.6 Å². The van der Waals surface area contributed by atoms with Crippen molar-refractivity contribution in [2.24, 2.45) is 20.0 Å². The molecule has 2 heterocycles. The number of amides is 1. The van der Waals surface area contributed by atoms with Crippen molar-refractivity contribution in [1.29, 1.82) is 0 Å². The van der Waals surface area contributed by atoms with Crippen molar-refractivity contribution in [3.05, 3.63) is 139 Å². The summed E-state index contributed by atoms with van der Waals surface area (Å²) in [5.41, 5.74) is 4.61. The van der Waals surface area contributed by atoms with Crippen LogP contribution in [0.4, 0.5) is 4.79 Å². The number of carbonyl (C=O) groups is 2. The lowest BCUT2D eigenvalue weighted by Gasteiger charge is -2.31. The van der Waals surface area contributed by atoms with Gasteiger partial charge in [-0.3, -0.25) is 9.69 Å². The van der Waals surface area contributed by atoms with E-state index in [1.165, 1.54) is 4.90 Å². The third kappa shape index (κ3) is 10.6. The Labute approximate surface area is 321 Å². The molecule has 0 aliphatic heterocycles. The summed E-state index contributed by atoms with van der Waals surface area (Å²) in [4.78, 5) is 35.1. The summed E-state index contributed by atoms with van der Waals surface area (Å²) >= 11 is 0. The van der Waals surface area contributed by atoms with Gasteiger partial charge in [0.05, 0.1) is 43.5 Å². The van der Waals surface area contributed by atoms with Gasteiger partial charge in [0.1, 0.15) is 42.0 Å². The number of ether oxygens (including phenoxy) is 3. The maximum atomic E-state index is 13.2. The summed E-state index contributed by atoms with van der Waals surface area (Å²) in [5, 5.41) is 18.6. The molecule has 0 fully saturated rings. The first-order valence-electron chi connectivity index (χ1n) is 17.9. The Balaban J connectivity index is 0.000000345. The molecule has 0 saturated heterocycles. The highest BCUT2D eigenvalue weighted by Gasteiger charge is 2.30. The number of aliphatic hydroxyl groups is 1. The average Bonchev–Trinajstić information content (AvgIpc) is 3.77. The maximum Gasteiger partial charge on any atom is 0.416 e. The minimum Gasteiger partial charge on any atom is -0.497 e. The van der Waals surface area contributed by atoms with Crippen LogP contribution in [0.3, 0.4) is 0 Å². The largest absolute Gasteiger partial charge is 0.497 e. The molecule has 12 heteroatoms. The summed E-state index contributed by atoms with van der Waals surface area (Å²) in [5.74, 6) is 2.35. The number of aliphatic hydroxyl groups excluding tert-OH is 1. The predicted octanol–water partition coefficient (Wildman–Crippen LogP) is 7.93. The van der Waals surface area contributed by atoms with Gasteiger partial charge in [-0.25, -0.2) is 14.8 Å². The number of hydrogen-bond donors (Lipinski definition) is 2. The van der Waals surface area contributed by atoms with Crippen molar-refractivity contribution in [2.75, 3.05) is 13.7 Å². The van der Waals surface area contributed by atoms with Gasteiger partial charge in [-0.05, 0) is 54.3 Å². The Kier molecular flexibility index (Phi) is 13.8. The zero-order chi connectivity index (χ0) is 39.3. The number of rotatable bonds is 14. The van der Waals surface area contributed by atoms with E-state index >= 15 is 0 Å². The second-order valence-electron chi connectivity index (χ2n) is 13.2. The van der Waals surface area contributed by atoms with Gasteiger partial charge in [-0.1, -0.05) is 86.6 Å². The number of carboxylic acids is 1.